The zero-order chi connectivity index (χ0) is 13.0. The van der Waals surface area contributed by atoms with Crippen LogP contribution in [-0.4, -0.2) is 29.9 Å². The first-order chi connectivity index (χ1) is 8.57. The fourth-order valence-electron chi connectivity index (χ4n) is 2.06. The summed E-state index contributed by atoms with van der Waals surface area (Å²) in [6.45, 7) is 3.04. The lowest BCUT2D eigenvalue weighted by Gasteiger charge is -2.40. The number of rotatable bonds is 6. The standard InChI is InChI=1S/C14H20ClNO2/c1-14(6-3-7-14)16-9-12(17)10-18-13-5-2-4-11(15)8-13/h2,4-5,8,12,16-17H,3,6-7,9-10H2,1H3. The van der Waals surface area contributed by atoms with Crippen molar-refractivity contribution in [3.63, 3.8) is 0 Å². The number of benzene rings is 1. The van der Waals surface area contributed by atoms with Gasteiger partial charge >= 0.3 is 0 Å². The molecule has 0 aromatic heterocycles. The molecule has 1 saturated carbocycles. The lowest BCUT2D eigenvalue weighted by Crippen LogP contribution is -2.51. The van der Waals surface area contributed by atoms with Crippen molar-refractivity contribution < 1.29 is 9.84 Å². The predicted molar refractivity (Wildman–Crippen MR) is 73.2 cm³/mol. The summed E-state index contributed by atoms with van der Waals surface area (Å²) < 4.78 is 5.49. The Balaban J connectivity index is 1.69. The second kappa shape index (κ2) is 5.91. The molecule has 0 radical (unpaired) electrons. The van der Waals surface area contributed by atoms with E-state index in [1.165, 1.54) is 19.3 Å². The molecule has 0 bridgehead atoms. The Morgan fingerprint density at radius 2 is 2.28 bits per heavy atom. The minimum Gasteiger partial charge on any atom is -0.491 e. The molecule has 18 heavy (non-hydrogen) atoms. The molecule has 1 fully saturated rings. The van der Waals surface area contributed by atoms with Crippen molar-refractivity contribution in [1.82, 2.24) is 5.32 Å². The highest BCUT2D eigenvalue weighted by Gasteiger charge is 2.31. The van der Waals surface area contributed by atoms with Gasteiger partial charge in [0.2, 0.25) is 0 Å². The minimum atomic E-state index is -0.499. The Labute approximate surface area is 113 Å². The van der Waals surface area contributed by atoms with Gasteiger partial charge < -0.3 is 15.2 Å². The zero-order valence-corrected chi connectivity index (χ0v) is 11.4. The number of hydrogen-bond donors (Lipinski definition) is 2. The molecule has 1 aliphatic rings. The van der Waals surface area contributed by atoms with E-state index in [4.69, 9.17) is 16.3 Å². The van der Waals surface area contributed by atoms with E-state index in [9.17, 15) is 5.11 Å². The molecule has 0 amide bonds. The summed E-state index contributed by atoms with van der Waals surface area (Å²) >= 11 is 5.85. The van der Waals surface area contributed by atoms with E-state index in [0.717, 1.165) is 0 Å². The third kappa shape index (κ3) is 3.87. The topological polar surface area (TPSA) is 41.5 Å². The van der Waals surface area contributed by atoms with E-state index < -0.39 is 6.10 Å². The van der Waals surface area contributed by atoms with Crippen LogP contribution in [0.2, 0.25) is 5.02 Å². The molecule has 2 N–H and O–H groups in total. The number of nitrogens with one attached hydrogen (secondary N) is 1. The van der Waals surface area contributed by atoms with Crippen molar-refractivity contribution in [2.45, 2.75) is 37.8 Å². The zero-order valence-electron chi connectivity index (χ0n) is 10.7. The van der Waals surface area contributed by atoms with Crippen LogP contribution < -0.4 is 10.1 Å². The molecule has 0 saturated heterocycles. The molecule has 0 heterocycles. The van der Waals surface area contributed by atoms with Crippen LogP contribution in [0.5, 0.6) is 5.75 Å². The lowest BCUT2D eigenvalue weighted by atomic mass is 9.78. The molecule has 0 aliphatic heterocycles. The van der Waals surface area contributed by atoms with Crippen molar-refractivity contribution in [2.75, 3.05) is 13.2 Å². The Morgan fingerprint density at radius 1 is 1.50 bits per heavy atom. The average molecular weight is 270 g/mol. The lowest BCUT2D eigenvalue weighted by molar-refractivity contribution is 0.0868. The molecular formula is C14H20ClNO2. The summed E-state index contributed by atoms with van der Waals surface area (Å²) in [4.78, 5) is 0. The summed E-state index contributed by atoms with van der Waals surface area (Å²) in [6, 6.07) is 7.20. The average Bonchev–Trinajstić information content (AvgIpc) is 2.31. The minimum absolute atomic E-state index is 0.219. The van der Waals surface area contributed by atoms with Crippen molar-refractivity contribution in [3.05, 3.63) is 29.3 Å². The maximum absolute atomic E-state index is 9.84. The van der Waals surface area contributed by atoms with Gasteiger partial charge in [-0.25, -0.2) is 0 Å². The number of aliphatic hydroxyl groups excluding tert-OH is 1. The Morgan fingerprint density at radius 3 is 2.89 bits per heavy atom. The number of β-amino-alcohol motifs (C(OH)–C–C–N with tert-alkyl or cyclic N) is 1. The first kappa shape index (κ1) is 13.7. The van der Waals surface area contributed by atoms with Gasteiger partial charge in [0.05, 0.1) is 0 Å². The van der Waals surface area contributed by atoms with Crippen LogP contribution in [0.1, 0.15) is 26.2 Å². The van der Waals surface area contributed by atoms with Crippen LogP contribution in [0.15, 0.2) is 24.3 Å². The maximum Gasteiger partial charge on any atom is 0.120 e. The highest BCUT2D eigenvalue weighted by Crippen LogP contribution is 2.30. The van der Waals surface area contributed by atoms with Gasteiger partial charge in [-0.05, 0) is 44.4 Å². The largest absolute Gasteiger partial charge is 0.491 e. The van der Waals surface area contributed by atoms with E-state index in [1.807, 2.05) is 12.1 Å². The first-order valence-electron chi connectivity index (χ1n) is 6.39. The molecule has 1 atom stereocenters. The van der Waals surface area contributed by atoms with Crippen molar-refractivity contribution in [1.29, 1.82) is 0 Å². The van der Waals surface area contributed by atoms with Gasteiger partial charge in [0.1, 0.15) is 18.5 Å². The third-order valence-corrected chi connectivity index (χ3v) is 3.70. The fourth-order valence-corrected chi connectivity index (χ4v) is 2.24. The summed E-state index contributed by atoms with van der Waals surface area (Å²) in [5.41, 5.74) is 0.219. The van der Waals surface area contributed by atoms with Crippen LogP contribution in [0.4, 0.5) is 0 Å². The maximum atomic E-state index is 9.84. The summed E-state index contributed by atoms with van der Waals surface area (Å²) in [6.07, 6.45) is 3.16. The Hall–Kier alpha value is -0.770. The summed E-state index contributed by atoms with van der Waals surface area (Å²) in [5.74, 6) is 0.691. The molecule has 2 rings (SSSR count). The predicted octanol–water partition coefficient (Wildman–Crippen LogP) is 2.61. The summed E-state index contributed by atoms with van der Waals surface area (Å²) in [7, 11) is 0. The quantitative estimate of drug-likeness (QED) is 0.834. The van der Waals surface area contributed by atoms with Crippen LogP contribution in [0.3, 0.4) is 0 Å². The van der Waals surface area contributed by atoms with Crippen LogP contribution >= 0.6 is 11.6 Å². The van der Waals surface area contributed by atoms with Gasteiger partial charge in [0.15, 0.2) is 0 Å². The van der Waals surface area contributed by atoms with Crippen molar-refractivity contribution in [3.8, 4) is 5.75 Å². The van der Waals surface area contributed by atoms with E-state index in [1.54, 1.807) is 12.1 Å². The number of halogens is 1. The molecule has 3 nitrogen and oxygen atoms in total. The number of hydrogen-bond acceptors (Lipinski definition) is 3. The van der Waals surface area contributed by atoms with Crippen molar-refractivity contribution in [2.24, 2.45) is 0 Å². The monoisotopic (exact) mass is 269 g/mol. The van der Waals surface area contributed by atoms with Gasteiger partial charge in [-0.15, -0.1) is 0 Å². The molecule has 1 aromatic carbocycles. The fraction of sp³-hybridized carbons (Fsp3) is 0.571. The van der Waals surface area contributed by atoms with E-state index in [-0.39, 0.29) is 12.1 Å². The van der Waals surface area contributed by atoms with Crippen LogP contribution in [0, 0.1) is 0 Å². The van der Waals surface area contributed by atoms with Gasteiger partial charge in [0.25, 0.3) is 0 Å². The smallest absolute Gasteiger partial charge is 0.120 e. The highest BCUT2D eigenvalue weighted by atomic mass is 35.5. The Kier molecular flexibility index (Phi) is 4.49. The molecule has 0 spiro atoms. The van der Waals surface area contributed by atoms with Crippen molar-refractivity contribution >= 4 is 11.6 Å². The summed E-state index contributed by atoms with van der Waals surface area (Å²) in [5, 5.41) is 13.9. The van der Waals surface area contributed by atoms with Gasteiger partial charge in [0, 0.05) is 17.1 Å². The van der Waals surface area contributed by atoms with Gasteiger partial charge in [-0.1, -0.05) is 17.7 Å². The highest BCUT2D eigenvalue weighted by molar-refractivity contribution is 6.30. The molecule has 1 aliphatic carbocycles. The van der Waals surface area contributed by atoms with Crippen LogP contribution in [0.25, 0.3) is 0 Å². The molecule has 4 heteroatoms. The van der Waals surface area contributed by atoms with E-state index in [0.29, 0.717) is 17.3 Å². The first-order valence-corrected chi connectivity index (χ1v) is 6.77. The molecule has 100 valence electrons. The van der Waals surface area contributed by atoms with E-state index in [2.05, 4.69) is 12.2 Å². The third-order valence-electron chi connectivity index (χ3n) is 3.46. The molecule has 1 unspecified atom stereocenters. The van der Waals surface area contributed by atoms with Crippen LogP contribution in [-0.2, 0) is 0 Å². The molecule has 1 aromatic rings. The SMILES string of the molecule is CC1(NCC(O)COc2cccc(Cl)c2)CCC1. The normalized spacial score (nSPS) is 19.1. The molecular weight excluding hydrogens is 250 g/mol. The second-order valence-corrected chi connectivity index (χ2v) is 5.65. The van der Waals surface area contributed by atoms with Gasteiger partial charge in [-0.2, -0.15) is 0 Å². The second-order valence-electron chi connectivity index (χ2n) is 5.22. The van der Waals surface area contributed by atoms with E-state index >= 15 is 0 Å². The Bertz CT molecular complexity index is 393. The number of aliphatic hydroxyl groups is 1. The van der Waals surface area contributed by atoms with Gasteiger partial charge in [-0.3, -0.25) is 0 Å². The number of ether oxygens (including phenoxy) is 1.